The largest absolute Gasteiger partial charge is 0.466 e. The predicted octanol–water partition coefficient (Wildman–Crippen LogP) is 0.410. The van der Waals surface area contributed by atoms with Crippen LogP contribution in [0.25, 0.3) is 0 Å². The van der Waals surface area contributed by atoms with Crippen LogP contribution in [-0.4, -0.2) is 60.4 Å². The smallest absolute Gasteiger partial charge is 0.310 e. The number of carbonyl (C=O) groups excluding carboxylic acids is 3. The molecule has 0 aromatic carbocycles. The van der Waals surface area contributed by atoms with Crippen LogP contribution in [0, 0.1) is 5.92 Å². The minimum absolute atomic E-state index is 0.0750. The van der Waals surface area contributed by atoms with Crippen LogP contribution in [0.3, 0.4) is 0 Å². The van der Waals surface area contributed by atoms with Crippen LogP contribution in [0.15, 0.2) is 0 Å². The summed E-state index contributed by atoms with van der Waals surface area (Å²) in [7, 11) is 0. The number of carbonyl (C=O) groups is 3. The lowest BCUT2D eigenvalue weighted by Gasteiger charge is -2.31. The number of imide groups is 1. The monoisotopic (exact) mass is 282 g/mol. The van der Waals surface area contributed by atoms with Crippen molar-refractivity contribution >= 4 is 17.8 Å². The summed E-state index contributed by atoms with van der Waals surface area (Å²) in [5.74, 6) is -0.543. The molecule has 2 heterocycles. The number of rotatable bonds is 4. The molecular weight excluding hydrogens is 260 g/mol. The molecule has 6 nitrogen and oxygen atoms in total. The molecule has 2 amide bonds. The van der Waals surface area contributed by atoms with Crippen LogP contribution in [0.5, 0.6) is 0 Å². The van der Waals surface area contributed by atoms with Gasteiger partial charge in [0.2, 0.25) is 11.8 Å². The fourth-order valence-electron chi connectivity index (χ4n) is 2.84. The van der Waals surface area contributed by atoms with Crippen molar-refractivity contribution in [1.29, 1.82) is 0 Å². The molecule has 0 N–H and O–H groups in total. The summed E-state index contributed by atoms with van der Waals surface area (Å²) in [4.78, 5) is 38.6. The highest BCUT2D eigenvalue weighted by Gasteiger charge is 2.31. The number of ether oxygens (including phenoxy) is 1. The highest BCUT2D eigenvalue weighted by Crippen LogP contribution is 2.18. The van der Waals surface area contributed by atoms with E-state index in [1.165, 1.54) is 4.90 Å². The first-order chi connectivity index (χ1) is 9.61. The number of likely N-dealkylation sites (tertiary alicyclic amines) is 2. The summed E-state index contributed by atoms with van der Waals surface area (Å²) < 4.78 is 5.04. The molecule has 0 radical (unpaired) electrons. The maximum Gasteiger partial charge on any atom is 0.310 e. The molecule has 2 aliphatic rings. The Bertz CT molecular complexity index is 397. The van der Waals surface area contributed by atoms with Gasteiger partial charge in [-0.2, -0.15) is 0 Å². The fourth-order valence-corrected chi connectivity index (χ4v) is 2.84. The van der Waals surface area contributed by atoms with Gasteiger partial charge in [-0.1, -0.05) is 0 Å². The fraction of sp³-hybridized carbons (Fsp3) is 0.786. The molecule has 20 heavy (non-hydrogen) atoms. The SMILES string of the molecule is CCOC(=O)C1CCCN(CC(=O)N2CCCC2=O)C1. The first-order valence-electron chi connectivity index (χ1n) is 7.34. The maximum absolute atomic E-state index is 12.1. The maximum atomic E-state index is 12.1. The number of nitrogens with zero attached hydrogens (tertiary/aromatic N) is 2. The third kappa shape index (κ3) is 3.56. The molecular formula is C14H22N2O4. The van der Waals surface area contributed by atoms with E-state index in [1.54, 1.807) is 6.92 Å². The summed E-state index contributed by atoms with van der Waals surface area (Å²) in [6.45, 7) is 4.28. The Morgan fingerprint density at radius 2 is 2.10 bits per heavy atom. The lowest BCUT2D eigenvalue weighted by Crippen LogP contribution is -2.46. The van der Waals surface area contributed by atoms with E-state index in [-0.39, 0.29) is 30.2 Å². The lowest BCUT2D eigenvalue weighted by molar-refractivity contribution is -0.151. The quantitative estimate of drug-likeness (QED) is 0.699. The van der Waals surface area contributed by atoms with E-state index < -0.39 is 0 Å². The summed E-state index contributed by atoms with van der Waals surface area (Å²) >= 11 is 0. The van der Waals surface area contributed by atoms with E-state index in [1.807, 2.05) is 4.90 Å². The molecule has 2 fully saturated rings. The van der Waals surface area contributed by atoms with E-state index in [0.29, 0.717) is 26.1 Å². The summed E-state index contributed by atoms with van der Waals surface area (Å²) in [6.07, 6.45) is 2.92. The molecule has 0 saturated carbocycles. The molecule has 0 aliphatic carbocycles. The summed E-state index contributed by atoms with van der Waals surface area (Å²) in [5, 5.41) is 0. The molecule has 0 bridgehead atoms. The van der Waals surface area contributed by atoms with Gasteiger partial charge in [0.25, 0.3) is 0 Å². The average molecular weight is 282 g/mol. The number of hydrogen-bond acceptors (Lipinski definition) is 5. The summed E-state index contributed by atoms with van der Waals surface area (Å²) in [5.41, 5.74) is 0. The number of hydrogen-bond donors (Lipinski definition) is 0. The molecule has 112 valence electrons. The Morgan fingerprint density at radius 1 is 1.30 bits per heavy atom. The molecule has 6 heteroatoms. The predicted molar refractivity (Wildman–Crippen MR) is 71.8 cm³/mol. The van der Waals surface area contributed by atoms with Gasteiger partial charge < -0.3 is 4.74 Å². The Hall–Kier alpha value is -1.43. The minimum atomic E-state index is -0.179. The van der Waals surface area contributed by atoms with Crippen molar-refractivity contribution in [2.75, 3.05) is 32.8 Å². The molecule has 2 saturated heterocycles. The third-order valence-electron chi connectivity index (χ3n) is 3.86. The van der Waals surface area contributed by atoms with Gasteiger partial charge in [-0.3, -0.25) is 24.2 Å². The second-order valence-electron chi connectivity index (χ2n) is 5.37. The van der Waals surface area contributed by atoms with Crippen LogP contribution in [-0.2, 0) is 19.1 Å². The molecule has 2 rings (SSSR count). The normalized spacial score (nSPS) is 23.9. The zero-order chi connectivity index (χ0) is 14.5. The zero-order valence-corrected chi connectivity index (χ0v) is 12.0. The Kier molecular flexibility index (Phi) is 5.11. The van der Waals surface area contributed by atoms with E-state index in [0.717, 1.165) is 25.8 Å². The van der Waals surface area contributed by atoms with Gasteiger partial charge in [-0.15, -0.1) is 0 Å². The molecule has 0 spiro atoms. The van der Waals surface area contributed by atoms with Gasteiger partial charge in [-0.05, 0) is 32.7 Å². The van der Waals surface area contributed by atoms with Crippen molar-refractivity contribution in [1.82, 2.24) is 9.80 Å². The highest BCUT2D eigenvalue weighted by atomic mass is 16.5. The van der Waals surface area contributed by atoms with Crippen molar-refractivity contribution in [2.24, 2.45) is 5.92 Å². The molecule has 1 unspecified atom stereocenters. The number of esters is 1. The van der Waals surface area contributed by atoms with Crippen molar-refractivity contribution < 1.29 is 19.1 Å². The number of amides is 2. The highest BCUT2D eigenvalue weighted by molar-refractivity contribution is 5.97. The second-order valence-corrected chi connectivity index (χ2v) is 5.37. The van der Waals surface area contributed by atoms with Gasteiger partial charge in [0.1, 0.15) is 0 Å². The van der Waals surface area contributed by atoms with Crippen LogP contribution < -0.4 is 0 Å². The first-order valence-corrected chi connectivity index (χ1v) is 7.34. The van der Waals surface area contributed by atoms with Crippen molar-refractivity contribution in [3.63, 3.8) is 0 Å². The van der Waals surface area contributed by atoms with Crippen molar-refractivity contribution in [2.45, 2.75) is 32.6 Å². The van der Waals surface area contributed by atoms with E-state index in [9.17, 15) is 14.4 Å². The van der Waals surface area contributed by atoms with Crippen LogP contribution in [0.1, 0.15) is 32.6 Å². The van der Waals surface area contributed by atoms with Gasteiger partial charge >= 0.3 is 5.97 Å². The summed E-state index contributed by atoms with van der Waals surface area (Å²) in [6, 6.07) is 0. The standard InChI is InChI=1S/C14H22N2O4/c1-2-20-14(19)11-5-3-7-15(9-11)10-13(18)16-8-4-6-12(16)17/h11H,2-10H2,1H3. The van der Waals surface area contributed by atoms with Gasteiger partial charge in [0, 0.05) is 19.5 Å². The first kappa shape index (κ1) is 15.0. The van der Waals surface area contributed by atoms with Gasteiger partial charge in [0.15, 0.2) is 0 Å². The van der Waals surface area contributed by atoms with Gasteiger partial charge in [-0.25, -0.2) is 0 Å². The van der Waals surface area contributed by atoms with Gasteiger partial charge in [0.05, 0.1) is 19.1 Å². The van der Waals surface area contributed by atoms with Crippen molar-refractivity contribution in [3.8, 4) is 0 Å². The third-order valence-corrected chi connectivity index (χ3v) is 3.86. The Balaban J connectivity index is 1.84. The molecule has 0 aromatic heterocycles. The molecule has 2 aliphatic heterocycles. The van der Waals surface area contributed by atoms with E-state index in [4.69, 9.17) is 4.74 Å². The molecule has 0 aromatic rings. The zero-order valence-electron chi connectivity index (χ0n) is 12.0. The van der Waals surface area contributed by atoms with Crippen LogP contribution >= 0.6 is 0 Å². The Labute approximate surface area is 119 Å². The van der Waals surface area contributed by atoms with E-state index in [2.05, 4.69) is 0 Å². The van der Waals surface area contributed by atoms with E-state index >= 15 is 0 Å². The molecule has 1 atom stereocenters. The Morgan fingerprint density at radius 3 is 2.75 bits per heavy atom. The second kappa shape index (κ2) is 6.83. The van der Waals surface area contributed by atoms with Crippen LogP contribution in [0.4, 0.5) is 0 Å². The lowest BCUT2D eigenvalue weighted by atomic mass is 9.98. The minimum Gasteiger partial charge on any atom is -0.466 e. The number of piperidine rings is 1. The average Bonchev–Trinajstić information content (AvgIpc) is 2.85. The topological polar surface area (TPSA) is 66.9 Å². The van der Waals surface area contributed by atoms with Crippen molar-refractivity contribution in [3.05, 3.63) is 0 Å². The van der Waals surface area contributed by atoms with Crippen LogP contribution in [0.2, 0.25) is 0 Å².